The third-order valence-corrected chi connectivity index (χ3v) is 6.63. The van der Waals surface area contributed by atoms with Gasteiger partial charge in [0.1, 0.15) is 0 Å². The molecule has 38 heavy (non-hydrogen) atoms. The zero-order valence-corrected chi connectivity index (χ0v) is 21.1. The summed E-state index contributed by atoms with van der Waals surface area (Å²) in [6.07, 6.45) is 5.55. The van der Waals surface area contributed by atoms with Crippen molar-refractivity contribution in [2.24, 2.45) is 4.99 Å². The maximum atomic E-state index is 4.99. The highest BCUT2D eigenvalue weighted by Crippen LogP contribution is 2.32. The van der Waals surface area contributed by atoms with Crippen molar-refractivity contribution < 1.29 is 0 Å². The van der Waals surface area contributed by atoms with E-state index in [1.807, 2.05) is 49.4 Å². The SMILES string of the molecule is C=C(/C=C(\N=C(C)c1ccccn1)c1ccc(-n2c3ccccc3c3ccccc32)cc1)c1ccccn1. The molecule has 3 aromatic carbocycles. The number of benzene rings is 3. The Morgan fingerprint density at radius 2 is 1.24 bits per heavy atom. The van der Waals surface area contributed by atoms with Gasteiger partial charge >= 0.3 is 0 Å². The molecule has 0 radical (unpaired) electrons. The van der Waals surface area contributed by atoms with Gasteiger partial charge in [0.2, 0.25) is 0 Å². The van der Waals surface area contributed by atoms with E-state index in [9.17, 15) is 0 Å². The van der Waals surface area contributed by atoms with Crippen LogP contribution in [0.2, 0.25) is 0 Å². The largest absolute Gasteiger partial charge is 0.309 e. The second-order valence-corrected chi connectivity index (χ2v) is 9.10. The van der Waals surface area contributed by atoms with Crippen molar-refractivity contribution in [2.45, 2.75) is 6.92 Å². The lowest BCUT2D eigenvalue weighted by atomic mass is 10.1. The second kappa shape index (κ2) is 10.1. The topological polar surface area (TPSA) is 43.1 Å². The molecule has 3 heterocycles. The molecule has 0 saturated heterocycles. The van der Waals surface area contributed by atoms with Gasteiger partial charge < -0.3 is 4.57 Å². The number of aromatic nitrogens is 3. The number of fused-ring (bicyclic) bond motifs is 3. The molecule has 0 bridgehead atoms. The highest BCUT2D eigenvalue weighted by molar-refractivity contribution is 6.09. The van der Waals surface area contributed by atoms with Crippen molar-refractivity contribution in [3.63, 3.8) is 0 Å². The summed E-state index contributed by atoms with van der Waals surface area (Å²) in [6, 6.07) is 37.3. The molecule has 0 atom stereocenters. The Kier molecular flexibility index (Phi) is 6.20. The third kappa shape index (κ3) is 4.44. The molecule has 0 amide bonds. The molecule has 182 valence electrons. The number of allylic oxidation sites excluding steroid dienone is 2. The van der Waals surface area contributed by atoms with Gasteiger partial charge in [-0.2, -0.15) is 0 Å². The highest BCUT2D eigenvalue weighted by Gasteiger charge is 2.12. The summed E-state index contributed by atoms with van der Waals surface area (Å²) in [6.45, 7) is 6.25. The fraction of sp³-hybridized carbons (Fsp3) is 0.0294. The molecule has 0 saturated carbocycles. The fourth-order valence-electron chi connectivity index (χ4n) is 4.77. The summed E-state index contributed by atoms with van der Waals surface area (Å²) >= 11 is 0. The lowest BCUT2D eigenvalue weighted by Crippen LogP contribution is -1.99. The summed E-state index contributed by atoms with van der Waals surface area (Å²) < 4.78 is 2.31. The Balaban J connectivity index is 1.45. The van der Waals surface area contributed by atoms with Gasteiger partial charge in [-0.25, -0.2) is 0 Å². The molecule has 0 fully saturated rings. The zero-order valence-electron chi connectivity index (χ0n) is 21.1. The van der Waals surface area contributed by atoms with E-state index >= 15 is 0 Å². The van der Waals surface area contributed by atoms with E-state index < -0.39 is 0 Å². The predicted molar refractivity (Wildman–Crippen MR) is 158 cm³/mol. The van der Waals surface area contributed by atoms with Crippen molar-refractivity contribution in [3.05, 3.63) is 151 Å². The Hall–Kier alpha value is -5.09. The van der Waals surface area contributed by atoms with Crippen LogP contribution in [0.25, 0.3) is 38.8 Å². The quantitative estimate of drug-likeness (QED) is 0.175. The molecular weight excluding hydrogens is 464 g/mol. The molecule has 0 aliphatic heterocycles. The number of para-hydroxylation sites is 2. The minimum atomic E-state index is 0.796. The molecular formula is C34H26N4. The van der Waals surface area contributed by atoms with E-state index in [1.54, 1.807) is 12.4 Å². The van der Waals surface area contributed by atoms with Crippen LogP contribution in [0, 0.1) is 0 Å². The Morgan fingerprint density at radius 3 is 1.82 bits per heavy atom. The lowest BCUT2D eigenvalue weighted by Gasteiger charge is -2.11. The summed E-state index contributed by atoms with van der Waals surface area (Å²) in [4.78, 5) is 13.9. The number of aliphatic imine (C=N–C) groups is 1. The normalized spacial score (nSPS) is 12.2. The standard InChI is InChI=1S/C34H26N4/c1-24(30-13-7-9-21-35-30)23-32(37-25(2)31-14-8-10-22-36-31)26-17-19-27(20-18-26)38-33-15-5-3-11-28(33)29-12-4-6-16-34(29)38/h3-23H,1H2,2H3/b32-23-,37-25?. The predicted octanol–water partition coefficient (Wildman–Crippen LogP) is 8.14. The van der Waals surface area contributed by atoms with Gasteiger partial charge in [-0.15, -0.1) is 0 Å². The van der Waals surface area contributed by atoms with Crippen molar-refractivity contribution in [1.82, 2.24) is 14.5 Å². The van der Waals surface area contributed by atoms with Crippen LogP contribution >= 0.6 is 0 Å². The number of nitrogens with zero attached hydrogens (tertiary/aromatic N) is 4. The van der Waals surface area contributed by atoms with Crippen LogP contribution in [-0.4, -0.2) is 20.2 Å². The minimum absolute atomic E-state index is 0.796. The molecule has 4 nitrogen and oxygen atoms in total. The van der Waals surface area contributed by atoms with Gasteiger partial charge in [-0.05, 0) is 67.1 Å². The molecule has 0 aliphatic rings. The molecule has 0 N–H and O–H groups in total. The van der Waals surface area contributed by atoms with Crippen LogP contribution in [0.1, 0.15) is 23.9 Å². The maximum Gasteiger partial charge on any atom is 0.0841 e. The van der Waals surface area contributed by atoms with Gasteiger partial charge in [-0.3, -0.25) is 15.0 Å². The van der Waals surface area contributed by atoms with Crippen molar-refractivity contribution >= 4 is 38.8 Å². The number of hydrogen-bond donors (Lipinski definition) is 0. The number of pyridine rings is 2. The third-order valence-electron chi connectivity index (χ3n) is 6.63. The van der Waals surface area contributed by atoms with E-state index in [-0.39, 0.29) is 0 Å². The highest BCUT2D eigenvalue weighted by atomic mass is 15.0. The molecule has 6 rings (SSSR count). The molecule has 0 unspecified atom stereocenters. The first-order valence-corrected chi connectivity index (χ1v) is 12.6. The summed E-state index contributed by atoms with van der Waals surface area (Å²) in [5, 5.41) is 2.49. The van der Waals surface area contributed by atoms with Gasteiger partial charge in [0, 0.05) is 34.4 Å². The summed E-state index contributed by atoms with van der Waals surface area (Å²) in [5.74, 6) is 0. The van der Waals surface area contributed by atoms with Crippen molar-refractivity contribution in [2.75, 3.05) is 0 Å². The maximum absolute atomic E-state index is 4.99. The molecule has 4 heteroatoms. The van der Waals surface area contributed by atoms with Crippen molar-refractivity contribution in [3.8, 4) is 5.69 Å². The number of rotatable bonds is 6. The molecule has 0 spiro atoms. The Morgan fingerprint density at radius 1 is 0.684 bits per heavy atom. The molecule has 0 aliphatic carbocycles. The van der Waals surface area contributed by atoms with Gasteiger partial charge in [0.05, 0.1) is 33.8 Å². The Bertz CT molecular complexity index is 1760. The smallest absolute Gasteiger partial charge is 0.0841 e. The van der Waals surface area contributed by atoms with Gasteiger partial charge in [-0.1, -0.05) is 67.2 Å². The zero-order chi connectivity index (χ0) is 25.9. The van der Waals surface area contributed by atoms with Crippen LogP contribution in [0.3, 0.4) is 0 Å². The second-order valence-electron chi connectivity index (χ2n) is 9.10. The van der Waals surface area contributed by atoms with E-state index in [0.29, 0.717) is 0 Å². The summed E-state index contributed by atoms with van der Waals surface area (Å²) in [7, 11) is 0. The Labute approximate surface area is 222 Å². The average molecular weight is 491 g/mol. The van der Waals surface area contributed by atoms with Gasteiger partial charge in [0.15, 0.2) is 0 Å². The van der Waals surface area contributed by atoms with Crippen LogP contribution in [0.5, 0.6) is 0 Å². The average Bonchev–Trinajstić information content (AvgIpc) is 3.32. The van der Waals surface area contributed by atoms with E-state index in [4.69, 9.17) is 4.99 Å². The van der Waals surface area contributed by atoms with Crippen LogP contribution in [-0.2, 0) is 0 Å². The molecule has 3 aromatic heterocycles. The first-order chi connectivity index (χ1) is 18.7. The van der Waals surface area contributed by atoms with E-state index in [2.05, 4.69) is 93.9 Å². The fourth-order valence-corrected chi connectivity index (χ4v) is 4.77. The minimum Gasteiger partial charge on any atom is -0.309 e. The van der Waals surface area contributed by atoms with E-state index in [1.165, 1.54) is 21.8 Å². The first-order valence-electron chi connectivity index (χ1n) is 12.6. The van der Waals surface area contributed by atoms with E-state index in [0.717, 1.165) is 39.6 Å². The van der Waals surface area contributed by atoms with Crippen LogP contribution in [0.4, 0.5) is 0 Å². The lowest BCUT2D eigenvalue weighted by molar-refractivity contribution is 1.18. The van der Waals surface area contributed by atoms with Crippen LogP contribution < -0.4 is 0 Å². The number of hydrogen-bond acceptors (Lipinski definition) is 3. The molecule has 6 aromatic rings. The van der Waals surface area contributed by atoms with Crippen LogP contribution in [0.15, 0.2) is 139 Å². The van der Waals surface area contributed by atoms with Gasteiger partial charge in [0.25, 0.3) is 0 Å². The monoisotopic (exact) mass is 490 g/mol. The summed E-state index contributed by atoms with van der Waals surface area (Å²) in [5.41, 5.74) is 8.54. The first kappa shape index (κ1) is 23.3. The van der Waals surface area contributed by atoms with Crippen molar-refractivity contribution in [1.29, 1.82) is 0 Å².